The number of hydrogen-bond acceptors (Lipinski definition) is 2. The minimum Gasteiger partial charge on any atom is -0.362 e. The average Bonchev–Trinajstić information content (AvgIpc) is 2.48. The summed E-state index contributed by atoms with van der Waals surface area (Å²) < 4.78 is 5.83. The number of rotatable bonds is 0. The number of allylic oxidation sites excluding steroid dienone is 1. The van der Waals surface area contributed by atoms with Crippen molar-refractivity contribution in [2.24, 2.45) is 5.41 Å². The van der Waals surface area contributed by atoms with Gasteiger partial charge in [-0.2, -0.15) is 0 Å². The molecule has 0 fully saturated rings. The van der Waals surface area contributed by atoms with E-state index in [1.54, 1.807) is 6.08 Å². The molecule has 76 valence electrons. The normalized spacial score (nSPS) is 35.1. The molecule has 0 N–H and O–H groups in total. The molecule has 0 saturated carbocycles. The summed E-state index contributed by atoms with van der Waals surface area (Å²) in [7, 11) is 0. The summed E-state index contributed by atoms with van der Waals surface area (Å²) in [6.45, 7) is 6.82. The third kappa shape index (κ3) is 1.10. The molecule has 0 aromatic heterocycles. The van der Waals surface area contributed by atoms with Crippen LogP contribution in [0.5, 0.6) is 0 Å². The first-order chi connectivity index (χ1) is 6.48. The van der Waals surface area contributed by atoms with Crippen LogP contribution in [0.15, 0.2) is 23.8 Å². The zero-order valence-corrected chi connectivity index (χ0v) is 8.96. The van der Waals surface area contributed by atoms with Gasteiger partial charge in [-0.05, 0) is 24.6 Å². The molecule has 1 atom stereocenters. The monoisotopic (exact) mass is 192 g/mol. The quantitative estimate of drug-likeness (QED) is 0.550. The first kappa shape index (κ1) is 9.66. The lowest BCUT2D eigenvalue weighted by molar-refractivity contribution is -0.123. The Morgan fingerprint density at radius 2 is 2.14 bits per heavy atom. The standard InChI is InChI=1S/C12H16O2/c1-9-7-10(13)8-11(2,3)12(9)5-4-6-14-12/h4-5,7H,6,8H2,1-3H3. The minimum atomic E-state index is -0.332. The molecule has 1 aliphatic heterocycles. The van der Waals surface area contributed by atoms with Gasteiger partial charge in [0.05, 0.1) is 6.61 Å². The van der Waals surface area contributed by atoms with Crippen LogP contribution < -0.4 is 0 Å². The van der Waals surface area contributed by atoms with Crippen molar-refractivity contribution in [1.29, 1.82) is 0 Å². The summed E-state index contributed by atoms with van der Waals surface area (Å²) in [6, 6.07) is 0. The molecule has 0 bridgehead atoms. The molecule has 0 amide bonds. The summed E-state index contributed by atoms with van der Waals surface area (Å²) in [6.07, 6.45) is 6.43. The van der Waals surface area contributed by atoms with Crippen molar-refractivity contribution >= 4 is 5.78 Å². The average molecular weight is 192 g/mol. The Hall–Kier alpha value is -0.890. The van der Waals surface area contributed by atoms with Crippen molar-refractivity contribution in [3.63, 3.8) is 0 Å². The van der Waals surface area contributed by atoms with E-state index in [9.17, 15) is 4.79 Å². The van der Waals surface area contributed by atoms with Gasteiger partial charge in [-0.15, -0.1) is 0 Å². The molecule has 2 rings (SSSR count). The highest BCUT2D eigenvalue weighted by Gasteiger charge is 2.50. The van der Waals surface area contributed by atoms with Gasteiger partial charge in [-0.25, -0.2) is 0 Å². The molecule has 2 aliphatic rings. The number of ether oxygens (including phenoxy) is 1. The zero-order valence-electron chi connectivity index (χ0n) is 8.96. The van der Waals surface area contributed by atoms with Crippen molar-refractivity contribution in [3.8, 4) is 0 Å². The van der Waals surface area contributed by atoms with E-state index in [-0.39, 0.29) is 16.8 Å². The fraction of sp³-hybridized carbons (Fsp3) is 0.583. The molecule has 1 heterocycles. The van der Waals surface area contributed by atoms with Gasteiger partial charge in [0.2, 0.25) is 0 Å². The van der Waals surface area contributed by atoms with Crippen LogP contribution >= 0.6 is 0 Å². The van der Waals surface area contributed by atoms with Crippen LogP contribution in [-0.2, 0) is 9.53 Å². The van der Waals surface area contributed by atoms with Crippen molar-refractivity contribution < 1.29 is 9.53 Å². The highest BCUT2D eigenvalue weighted by atomic mass is 16.5. The van der Waals surface area contributed by atoms with Crippen LogP contribution in [0.3, 0.4) is 0 Å². The van der Waals surface area contributed by atoms with Crippen molar-refractivity contribution in [3.05, 3.63) is 23.8 Å². The van der Waals surface area contributed by atoms with E-state index in [0.717, 1.165) is 5.57 Å². The van der Waals surface area contributed by atoms with Crippen LogP contribution in [0, 0.1) is 5.41 Å². The first-order valence-corrected chi connectivity index (χ1v) is 5.01. The number of ketones is 1. The van der Waals surface area contributed by atoms with E-state index < -0.39 is 0 Å². The summed E-state index contributed by atoms with van der Waals surface area (Å²) in [5, 5.41) is 0. The fourth-order valence-electron chi connectivity index (χ4n) is 2.61. The predicted molar refractivity (Wildman–Crippen MR) is 55.0 cm³/mol. The van der Waals surface area contributed by atoms with Crippen LogP contribution in [-0.4, -0.2) is 18.0 Å². The fourth-order valence-corrected chi connectivity index (χ4v) is 2.61. The molecule has 1 unspecified atom stereocenters. The molecule has 14 heavy (non-hydrogen) atoms. The van der Waals surface area contributed by atoms with E-state index >= 15 is 0 Å². The second kappa shape index (κ2) is 2.80. The summed E-state index contributed by atoms with van der Waals surface area (Å²) in [5.41, 5.74) is 0.573. The second-order valence-corrected chi connectivity index (χ2v) is 4.80. The third-order valence-electron chi connectivity index (χ3n) is 3.34. The summed E-state index contributed by atoms with van der Waals surface area (Å²) >= 11 is 0. The van der Waals surface area contributed by atoms with Gasteiger partial charge < -0.3 is 4.74 Å². The van der Waals surface area contributed by atoms with Crippen molar-refractivity contribution in [1.82, 2.24) is 0 Å². The van der Waals surface area contributed by atoms with Gasteiger partial charge in [0.15, 0.2) is 5.78 Å². The lowest BCUT2D eigenvalue weighted by Gasteiger charge is -2.45. The largest absolute Gasteiger partial charge is 0.362 e. The maximum absolute atomic E-state index is 11.5. The topological polar surface area (TPSA) is 26.3 Å². The molecule has 1 aliphatic carbocycles. The number of carbonyl (C=O) groups excluding carboxylic acids is 1. The lowest BCUT2D eigenvalue weighted by atomic mass is 9.65. The van der Waals surface area contributed by atoms with E-state index in [2.05, 4.69) is 19.9 Å². The Kier molecular flexibility index (Phi) is 1.93. The van der Waals surface area contributed by atoms with Gasteiger partial charge in [0, 0.05) is 11.8 Å². The van der Waals surface area contributed by atoms with Gasteiger partial charge >= 0.3 is 0 Å². The van der Waals surface area contributed by atoms with Crippen LogP contribution in [0.2, 0.25) is 0 Å². The van der Waals surface area contributed by atoms with Crippen LogP contribution in [0.4, 0.5) is 0 Å². The van der Waals surface area contributed by atoms with E-state index in [4.69, 9.17) is 4.74 Å². The Bertz CT molecular complexity index is 336. The van der Waals surface area contributed by atoms with Gasteiger partial charge in [-0.3, -0.25) is 4.79 Å². The maximum atomic E-state index is 11.5. The van der Waals surface area contributed by atoms with E-state index in [1.807, 2.05) is 13.0 Å². The molecule has 2 nitrogen and oxygen atoms in total. The molecular formula is C12H16O2. The maximum Gasteiger partial charge on any atom is 0.156 e. The number of carbonyl (C=O) groups is 1. The van der Waals surface area contributed by atoms with Crippen LogP contribution in [0.25, 0.3) is 0 Å². The highest BCUT2D eigenvalue weighted by Crippen LogP contribution is 2.48. The smallest absolute Gasteiger partial charge is 0.156 e. The van der Waals surface area contributed by atoms with E-state index in [1.165, 1.54) is 0 Å². The van der Waals surface area contributed by atoms with Gasteiger partial charge in [0.1, 0.15) is 5.60 Å². The van der Waals surface area contributed by atoms with Crippen molar-refractivity contribution in [2.75, 3.05) is 6.61 Å². The molecule has 0 aromatic rings. The molecule has 0 aromatic carbocycles. The third-order valence-corrected chi connectivity index (χ3v) is 3.34. The number of hydrogen-bond donors (Lipinski definition) is 0. The molecular weight excluding hydrogens is 176 g/mol. The SMILES string of the molecule is CC1=CC(=O)CC(C)(C)C12C=CCO2. The predicted octanol–water partition coefficient (Wildman–Crippen LogP) is 2.26. The van der Waals surface area contributed by atoms with E-state index in [0.29, 0.717) is 13.0 Å². The highest BCUT2D eigenvalue weighted by molar-refractivity contribution is 5.92. The van der Waals surface area contributed by atoms with Gasteiger partial charge in [0.25, 0.3) is 0 Å². The lowest BCUT2D eigenvalue weighted by Crippen LogP contribution is -2.48. The Morgan fingerprint density at radius 1 is 1.43 bits per heavy atom. The Labute approximate surface area is 84.6 Å². The molecule has 2 heteroatoms. The molecule has 0 radical (unpaired) electrons. The molecule has 0 saturated heterocycles. The Morgan fingerprint density at radius 3 is 2.64 bits per heavy atom. The first-order valence-electron chi connectivity index (χ1n) is 5.01. The van der Waals surface area contributed by atoms with Crippen molar-refractivity contribution in [2.45, 2.75) is 32.8 Å². The van der Waals surface area contributed by atoms with Crippen LogP contribution in [0.1, 0.15) is 27.2 Å². The zero-order chi connectivity index (χ0) is 10.4. The minimum absolute atomic E-state index is 0.129. The molecule has 1 spiro atoms. The second-order valence-electron chi connectivity index (χ2n) is 4.80. The van der Waals surface area contributed by atoms with Gasteiger partial charge in [-0.1, -0.05) is 19.9 Å². The Balaban J connectivity index is 2.52. The summed E-state index contributed by atoms with van der Waals surface area (Å²) in [4.78, 5) is 11.5. The summed E-state index contributed by atoms with van der Waals surface area (Å²) in [5.74, 6) is 0.210.